The average Bonchev–Trinajstić information content (AvgIpc) is 2.94. The molecule has 220 valence electrons. The molecule has 3 aromatic carbocycles. The molecular weight excluding hydrogens is 541 g/mol. The highest BCUT2D eigenvalue weighted by Crippen LogP contribution is 2.23. The van der Waals surface area contributed by atoms with Crippen LogP contribution in [0.15, 0.2) is 78.9 Å². The Morgan fingerprint density at radius 2 is 1.56 bits per heavy atom. The zero-order chi connectivity index (χ0) is 30.0. The first-order valence-electron chi connectivity index (χ1n) is 13.9. The van der Waals surface area contributed by atoms with Gasteiger partial charge in [0, 0.05) is 32.0 Å². The highest BCUT2D eigenvalue weighted by atomic mass is 32.2. The van der Waals surface area contributed by atoms with Crippen molar-refractivity contribution in [3.05, 3.63) is 101 Å². The van der Waals surface area contributed by atoms with E-state index in [0.717, 1.165) is 23.8 Å². The molecular formula is C32H40FN3O4S. The molecule has 7 nitrogen and oxygen atoms in total. The molecule has 0 saturated heterocycles. The van der Waals surface area contributed by atoms with Crippen LogP contribution >= 0.6 is 0 Å². The number of rotatable bonds is 14. The summed E-state index contributed by atoms with van der Waals surface area (Å²) in [5, 5.41) is 3.02. The molecule has 3 aromatic rings. The number of amides is 2. The molecule has 0 aromatic heterocycles. The lowest BCUT2D eigenvalue weighted by molar-refractivity contribution is -0.141. The smallest absolute Gasteiger partial charge is 0.243 e. The van der Waals surface area contributed by atoms with Crippen LogP contribution in [0.2, 0.25) is 0 Å². The van der Waals surface area contributed by atoms with Crippen molar-refractivity contribution < 1.29 is 22.4 Å². The van der Waals surface area contributed by atoms with Gasteiger partial charge in [0.15, 0.2) is 0 Å². The van der Waals surface area contributed by atoms with Gasteiger partial charge in [0.2, 0.25) is 21.8 Å². The number of carbonyl (C=O) groups excluding carboxylic acids is 2. The Labute approximate surface area is 243 Å². The molecule has 0 aliphatic carbocycles. The maximum atomic E-state index is 13.8. The van der Waals surface area contributed by atoms with Gasteiger partial charge in [-0.25, -0.2) is 12.8 Å². The summed E-state index contributed by atoms with van der Waals surface area (Å²) in [7, 11) is -3.59. The van der Waals surface area contributed by atoms with E-state index in [2.05, 4.69) is 5.32 Å². The third kappa shape index (κ3) is 9.42. The number of anilines is 1. The second kappa shape index (κ2) is 14.8. The zero-order valence-corrected chi connectivity index (χ0v) is 25.0. The zero-order valence-electron chi connectivity index (χ0n) is 24.2. The number of sulfonamides is 1. The summed E-state index contributed by atoms with van der Waals surface area (Å²) in [6.45, 7) is 5.95. The first-order chi connectivity index (χ1) is 19.5. The fourth-order valence-corrected chi connectivity index (χ4v) is 5.63. The maximum Gasteiger partial charge on any atom is 0.243 e. The van der Waals surface area contributed by atoms with Crippen molar-refractivity contribution in [2.24, 2.45) is 0 Å². The number of nitrogens with zero attached hydrogens (tertiary/aromatic N) is 2. The number of nitrogens with one attached hydrogen (secondary N) is 1. The van der Waals surface area contributed by atoms with Gasteiger partial charge in [-0.15, -0.1) is 0 Å². The Kier molecular flexibility index (Phi) is 11.5. The van der Waals surface area contributed by atoms with Gasteiger partial charge < -0.3 is 10.2 Å². The average molecular weight is 582 g/mol. The Morgan fingerprint density at radius 1 is 0.927 bits per heavy atom. The molecule has 0 unspecified atom stereocenters. The molecule has 9 heteroatoms. The number of halogens is 1. The third-order valence-electron chi connectivity index (χ3n) is 7.07. The minimum absolute atomic E-state index is 0.0288. The van der Waals surface area contributed by atoms with Gasteiger partial charge in [-0.1, -0.05) is 67.6 Å². The van der Waals surface area contributed by atoms with Crippen molar-refractivity contribution in [3.8, 4) is 0 Å². The van der Waals surface area contributed by atoms with Crippen LogP contribution in [0.25, 0.3) is 0 Å². The Hall–Kier alpha value is -3.72. The molecule has 0 heterocycles. The van der Waals surface area contributed by atoms with E-state index in [1.165, 1.54) is 21.3 Å². The van der Waals surface area contributed by atoms with Crippen LogP contribution in [0.4, 0.5) is 10.1 Å². The van der Waals surface area contributed by atoms with Crippen LogP contribution in [0, 0.1) is 12.7 Å². The van der Waals surface area contributed by atoms with Crippen molar-refractivity contribution in [1.82, 2.24) is 10.2 Å². The number of hydrogen-bond donors (Lipinski definition) is 1. The number of aryl methyl sites for hydroxylation is 1. The lowest BCUT2D eigenvalue weighted by Gasteiger charge is -2.33. The molecule has 41 heavy (non-hydrogen) atoms. The van der Waals surface area contributed by atoms with E-state index in [4.69, 9.17) is 0 Å². The van der Waals surface area contributed by atoms with Crippen molar-refractivity contribution >= 4 is 27.5 Å². The van der Waals surface area contributed by atoms with Gasteiger partial charge in [0.25, 0.3) is 0 Å². The van der Waals surface area contributed by atoms with E-state index in [1.54, 1.807) is 24.3 Å². The normalized spacial score (nSPS) is 12.8. The van der Waals surface area contributed by atoms with E-state index in [1.807, 2.05) is 63.2 Å². The SMILES string of the molecule is CC[C@@H](C)NC(=O)[C@@H](Cc1ccccc1)N(Cc1ccc(F)cc1)C(=O)CCCN(c1ccccc1C)S(C)(=O)=O. The van der Waals surface area contributed by atoms with Crippen molar-refractivity contribution in [2.75, 3.05) is 17.1 Å². The molecule has 0 radical (unpaired) electrons. The van der Waals surface area contributed by atoms with Crippen LogP contribution < -0.4 is 9.62 Å². The molecule has 0 saturated carbocycles. The van der Waals surface area contributed by atoms with Crippen LogP contribution in [0.1, 0.15) is 49.8 Å². The molecule has 0 bridgehead atoms. The van der Waals surface area contributed by atoms with Crippen molar-refractivity contribution in [2.45, 2.75) is 65.1 Å². The first kappa shape index (κ1) is 31.8. The topological polar surface area (TPSA) is 86.8 Å². The standard InChI is InChI=1S/C32H40FN3O4S/c1-5-25(3)34-32(38)30(22-26-13-7-6-8-14-26)35(23-27-17-19-28(33)20-18-27)31(37)16-11-21-36(41(4,39)40)29-15-10-9-12-24(29)2/h6-10,12-15,17-20,25,30H,5,11,16,21-23H2,1-4H3,(H,34,38)/t25-,30-/m1/s1. The second-order valence-electron chi connectivity index (χ2n) is 10.4. The number of hydrogen-bond acceptors (Lipinski definition) is 4. The van der Waals surface area contributed by atoms with Gasteiger partial charge in [0.1, 0.15) is 11.9 Å². The maximum absolute atomic E-state index is 13.8. The molecule has 0 spiro atoms. The van der Waals surface area contributed by atoms with Crippen molar-refractivity contribution in [3.63, 3.8) is 0 Å². The van der Waals surface area contributed by atoms with E-state index >= 15 is 0 Å². The summed E-state index contributed by atoms with van der Waals surface area (Å²) in [4.78, 5) is 29.0. The lowest BCUT2D eigenvalue weighted by Crippen LogP contribution is -2.52. The van der Waals surface area contributed by atoms with E-state index in [0.29, 0.717) is 17.7 Å². The molecule has 2 amide bonds. The molecule has 2 atom stereocenters. The predicted octanol–water partition coefficient (Wildman–Crippen LogP) is 5.24. The minimum atomic E-state index is -3.59. The Morgan fingerprint density at radius 3 is 2.17 bits per heavy atom. The van der Waals surface area contributed by atoms with Crippen LogP contribution in [-0.4, -0.2) is 50.0 Å². The molecule has 0 fully saturated rings. The molecule has 1 N–H and O–H groups in total. The Balaban J connectivity index is 1.89. The third-order valence-corrected chi connectivity index (χ3v) is 8.25. The molecule has 0 aliphatic heterocycles. The molecule has 3 rings (SSSR count). The summed E-state index contributed by atoms with van der Waals surface area (Å²) < 4.78 is 40.2. The summed E-state index contributed by atoms with van der Waals surface area (Å²) in [5.41, 5.74) is 2.97. The fourth-order valence-electron chi connectivity index (χ4n) is 4.61. The summed E-state index contributed by atoms with van der Waals surface area (Å²) in [5.74, 6) is -0.942. The predicted molar refractivity (Wildman–Crippen MR) is 161 cm³/mol. The largest absolute Gasteiger partial charge is 0.352 e. The van der Waals surface area contributed by atoms with Crippen LogP contribution in [0.3, 0.4) is 0 Å². The second-order valence-corrected chi connectivity index (χ2v) is 12.3. The highest BCUT2D eigenvalue weighted by molar-refractivity contribution is 7.92. The first-order valence-corrected chi connectivity index (χ1v) is 15.8. The van der Waals surface area contributed by atoms with E-state index in [-0.39, 0.29) is 49.6 Å². The fraction of sp³-hybridized carbons (Fsp3) is 0.375. The highest BCUT2D eigenvalue weighted by Gasteiger charge is 2.31. The van der Waals surface area contributed by atoms with Gasteiger partial charge in [-0.05, 0) is 61.6 Å². The van der Waals surface area contributed by atoms with Gasteiger partial charge in [0.05, 0.1) is 11.9 Å². The van der Waals surface area contributed by atoms with E-state index < -0.39 is 16.1 Å². The van der Waals surface area contributed by atoms with Crippen molar-refractivity contribution in [1.29, 1.82) is 0 Å². The number of benzene rings is 3. The lowest BCUT2D eigenvalue weighted by atomic mass is 10.0. The number of para-hydroxylation sites is 1. The minimum Gasteiger partial charge on any atom is -0.352 e. The van der Waals surface area contributed by atoms with E-state index in [9.17, 15) is 22.4 Å². The van der Waals surface area contributed by atoms with Gasteiger partial charge in [-0.3, -0.25) is 13.9 Å². The summed E-state index contributed by atoms with van der Waals surface area (Å²) >= 11 is 0. The summed E-state index contributed by atoms with van der Waals surface area (Å²) in [6, 6.07) is 21.7. The quantitative estimate of drug-likeness (QED) is 0.282. The van der Waals surface area contributed by atoms with Crippen LogP contribution in [0.5, 0.6) is 0 Å². The monoisotopic (exact) mass is 581 g/mol. The van der Waals surface area contributed by atoms with Gasteiger partial charge >= 0.3 is 0 Å². The summed E-state index contributed by atoms with van der Waals surface area (Å²) in [6.07, 6.45) is 2.47. The Bertz CT molecular complexity index is 1400. The van der Waals surface area contributed by atoms with Gasteiger partial charge in [-0.2, -0.15) is 0 Å². The van der Waals surface area contributed by atoms with Crippen LogP contribution in [-0.2, 0) is 32.6 Å². The number of carbonyl (C=O) groups is 2. The molecule has 0 aliphatic rings.